The summed E-state index contributed by atoms with van der Waals surface area (Å²) in [6, 6.07) is -2.06. The van der Waals surface area contributed by atoms with Crippen molar-refractivity contribution in [2.24, 2.45) is 17.3 Å². The Labute approximate surface area is 99.3 Å². The average Bonchev–Trinajstić information content (AvgIpc) is 2.15. The summed E-state index contributed by atoms with van der Waals surface area (Å²) in [5.74, 6) is 3.34. The van der Waals surface area contributed by atoms with E-state index in [2.05, 4.69) is 0 Å². The van der Waals surface area contributed by atoms with Crippen LogP contribution in [0.25, 0.3) is 0 Å². The first-order valence-electron chi connectivity index (χ1n) is 5.16. The van der Waals surface area contributed by atoms with Crippen molar-refractivity contribution in [2.75, 3.05) is 13.6 Å². The molecule has 0 aliphatic carbocycles. The van der Waals surface area contributed by atoms with Crippen molar-refractivity contribution >= 4 is 11.8 Å². The third-order valence-corrected chi connectivity index (χ3v) is 2.26. The Bertz CT molecular complexity index is 272. The SMILES string of the molecule is CN(N)C(C(=O)O)C(=O)C[C@H](N)C[C@@H](O)CN. The molecule has 3 atom stereocenters. The highest BCUT2D eigenvalue weighted by Crippen LogP contribution is 2.05. The van der Waals surface area contributed by atoms with Crippen LogP contribution in [-0.4, -0.2) is 58.8 Å². The van der Waals surface area contributed by atoms with Crippen LogP contribution in [0.5, 0.6) is 0 Å². The Kier molecular flexibility index (Phi) is 6.85. The van der Waals surface area contributed by atoms with Crippen molar-refractivity contribution < 1.29 is 19.8 Å². The van der Waals surface area contributed by atoms with Gasteiger partial charge >= 0.3 is 5.97 Å². The van der Waals surface area contributed by atoms with Crippen molar-refractivity contribution in [3.8, 4) is 0 Å². The molecule has 0 heterocycles. The summed E-state index contributed by atoms with van der Waals surface area (Å²) >= 11 is 0. The highest BCUT2D eigenvalue weighted by molar-refractivity contribution is 6.02. The van der Waals surface area contributed by atoms with Crippen molar-refractivity contribution in [3.63, 3.8) is 0 Å². The number of aliphatic hydroxyl groups excluding tert-OH is 1. The topological polar surface area (TPSA) is 156 Å². The van der Waals surface area contributed by atoms with Crippen LogP contribution in [0.1, 0.15) is 12.8 Å². The fourth-order valence-corrected chi connectivity index (χ4v) is 1.44. The average molecular weight is 248 g/mol. The summed E-state index contributed by atoms with van der Waals surface area (Å²) < 4.78 is 0. The number of hydrazine groups is 1. The molecule has 0 radical (unpaired) electrons. The van der Waals surface area contributed by atoms with Gasteiger partial charge in [0.05, 0.1) is 6.10 Å². The number of aliphatic hydroxyl groups is 1. The molecule has 1 unspecified atom stereocenters. The van der Waals surface area contributed by atoms with Crippen molar-refractivity contribution in [2.45, 2.75) is 31.0 Å². The molecule has 0 aromatic rings. The monoisotopic (exact) mass is 248 g/mol. The van der Waals surface area contributed by atoms with Crippen molar-refractivity contribution in [3.05, 3.63) is 0 Å². The van der Waals surface area contributed by atoms with Gasteiger partial charge in [0, 0.05) is 26.1 Å². The lowest BCUT2D eigenvalue weighted by Gasteiger charge is -2.20. The summed E-state index contributed by atoms with van der Waals surface area (Å²) in [5, 5.41) is 18.8. The van der Waals surface area contributed by atoms with E-state index in [9.17, 15) is 14.7 Å². The second-order valence-corrected chi connectivity index (χ2v) is 3.96. The summed E-state index contributed by atoms with van der Waals surface area (Å²) in [5.41, 5.74) is 10.8. The number of Topliss-reactive ketones (excluding diaryl/α,β-unsaturated/α-hetero) is 1. The zero-order chi connectivity index (χ0) is 13.6. The standard InChI is InChI=1S/C9H20N4O4/c1-13(12)8(9(16)17)7(15)3-5(11)2-6(14)4-10/h5-6,8,14H,2-4,10-12H2,1H3,(H,16,17)/t5-,6-,8?/m1/s1. The van der Waals surface area contributed by atoms with Crippen LogP contribution in [0, 0.1) is 0 Å². The van der Waals surface area contributed by atoms with E-state index in [1.807, 2.05) is 0 Å². The third kappa shape index (κ3) is 5.71. The minimum atomic E-state index is -1.42. The quantitative estimate of drug-likeness (QED) is 0.176. The van der Waals surface area contributed by atoms with Crippen LogP contribution >= 0.6 is 0 Å². The molecule has 0 amide bonds. The van der Waals surface area contributed by atoms with Crippen LogP contribution in [0.2, 0.25) is 0 Å². The van der Waals surface area contributed by atoms with Gasteiger partial charge in [0.25, 0.3) is 0 Å². The number of carboxylic acids is 1. The molecule has 0 aliphatic heterocycles. The number of carbonyl (C=O) groups excluding carboxylic acids is 1. The van der Waals surface area contributed by atoms with Crippen molar-refractivity contribution in [1.82, 2.24) is 5.01 Å². The number of nitrogens with zero attached hydrogens (tertiary/aromatic N) is 1. The van der Waals surface area contributed by atoms with Gasteiger partial charge in [0.1, 0.15) is 0 Å². The van der Waals surface area contributed by atoms with E-state index < -0.39 is 29.9 Å². The Hall–Kier alpha value is -1.06. The number of hydrogen-bond acceptors (Lipinski definition) is 7. The molecule has 100 valence electrons. The van der Waals surface area contributed by atoms with Gasteiger partial charge in [-0.2, -0.15) is 0 Å². The number of likely N-dealkylation sites (N-methyl/N-ethyl adjacent to an activating group) is 1. The van der Waals surface area contributed by atoms with E-state index in [1.165, 1.54) is 7.05 Å². The van der Waals surface area contributed by atoms with E-state index in [0.717, 1.165) is 5.01 Å². The molecule has 0 rings (SSSR count). The summed E-state index contributed by atoms with van der Waals surface area (Å²) in [6.45, 7) is 0.0427. The minimum absolute atomic E-state index is 0.0427. The van der Waals surface area contributed by atoms with Crippen LogP contribution in [-0.2, 0) is 9.59 Å². The molecule has 8 N–H and O–H groups in total. The van der Waals surface area contributed by atoms with Gasteiger partial charge in [-0.1, -0.05) is 0 Å². The second-order valence-electron chi connectivity index (χ2n) is 3.96. The summed E-state index contributed by atoms with van der Waals surface area (Å²) in [7, 11) is 1.29. The molecule has 0 aromatic heterocycles. The van der Waals surface area contributed by atoms with E-state index in [1.54, 1.807) is 0 Å². The fourth-order valence-electron chi connectivity index (χ4n) is 1.44. The molecule has 8 heteroatoms. The van der Waals surface area contributed by atoms with Gasteiger partial charge in [-0.05, 0) is 6.42 Å². The second kappa shape index (κ2) is 7.30. The summed E-state index contributed by atoms with van der Waals surface area (Å²) in [4.78, 5) is 22.4. The minimum Gasteiger partial charge on any atom is -0.480 e. The van der Waals surface area contributed by atoms with E-state index in [-0.39, 0.29) is 19.4 Å². The summed E-state index contributed by atoms with van der Waals surface area (Å²) in [6.07, 6.45) is -0.824. The van der Waals surface area contributed by atoms with Crippen LogP contribution in [0.4, 0.5) is 0 Å². The molecule has 0 fully saturated rings. The largest absolute Gasteiger partial charge is 0.480 e. The van der Waals surface area contributed by atoms with Gasteiger partial charge in [-0.25, -0.2) is 9.80 Å². The first-order chi connectivity index (χ1) is 7.79. The molecular formula is C9H20N4O4. The Balaban J connectivity index is 4.36. The first kappa shape index (κ1) is 15.9. The lowest BCUT2D eigenvalue weighted by atomic mass is 10.0. The third-order valence-electron chi connectivity index (χ3n) is 2.26. The van der Waals surface area contributed by atoms with E-state index in [4.69, 9.17) is 22.4 Å². The fraction of sp³-hybridized carbons (Fsp3) is 0.778. The maximum atomic E-state index is 11.6. The Morgan fingerprint density at radius 2 is 1.94 bits per heavy atom. The number of carbonyl (C=O) groups is 2. The number of hydrogen-bond donors (Lipinski definition) is 5. The van der Waals surface area contributed by atoms with E-state index in [0.29, 0.717) is 0 Å². The predicted molar refractivity (Wildman–Crippen MR) is 60.7 cm³/mol. The first-order valence-corrected chi connectivity index (χ1v) is 5.16. The molecule has 0 saturated heterocycles. The van der Waals surface area contributed by atoms with Crippen molar-refractivity contribution in [1.29, 1.82) is 0 Å². The molecule has 17 heavy (non-hydrogen) atoms. The molecule has 0 aromatic carbocycles. The van der Waals surface area contributed by atoms with Gasteiger partial charge in [0.2, 0.25) is 0 Å². The predicted octanol–water partition coefficient (Wildman–Crippen LogP) is -2.76. The number of ketones is 1. The molecule has 0 spiro atoms. The zero-order valence-corrected chi connectivity index (χ0v) is 9.74. The van der Waals surface area contributed by atoms with E-state index >= 15 is 0 Å². The number of carboxylic acid groups (broad SMARTS) is 1. The Morgan fingerprint density at radius 3 is 2.29 bits per heavy atom. The number of rotatable bonds is 8. The highest BCUT2D eigenvalue weighted by atomic mass is 16.4. The lowest BCUT2D eigenvalue weighted by Crippen LogP contribution is -2.49. The van der Waals surface area contributed by atoms with Crippen LogP contribution < -0.4 is 17.3 Å². The number of nitrogens with two attached hydrogens (primary N) is 3. The molecular weight excluding hydrogens is 228 g/mol. The lowest BCUT2D eigenvalue weighted by molar-refractivity contribution is -0.147. The van der Waals surface area contributed by atoms with Crippen LogP contribution in [0.3, 0.4) is 0 Å². The highest BCUT2D eigenvalue weighted by Gasteiger charge is 2.30. The van der Waals surface area contributed by atoms with Crippen LogP contribution in [0.15, 0.2) is 0 Å². The molecule has 0 aliphatic rings. The molecule has 0 bridgehead atoms. The maximum absolute atomic E-state index is 11.6. The van der Waals surface area contributed by atoms with Gasteiger partial charge in [-0.15, -0.1) is 0 Å². The smallest absolute Gasteiger partial charge is 0.330 e. The van der Waals surface area contributed by atoms with Gasteiger partial charge in [-0.3, -0.25) is 10.6 Å². The Morgan fingerprint density at radius 1 is 1.41 bits per heavy atom. The maximum Gasteiger partial charge on any atom is 0.330 e. The zero-order valence-electron chi connectivity index (χ0n) is 9.74. The number of aliphatic carboxylic acids is 1. The normalized spacial score (nSPS) is 16.6. The van der Waals surface area contributed by atoms with Gasteiger partial charge < -0.3 is 21.7 Å². The van der Waals surface area contributed by atoms with Gasteiger partial charge in [0.15, 0.2) is 11.8 Å². The molecule has 0 saturated carbocycles. The molecule has 8 nitrogen and oxygen atoms in total.